The van der Waals surface area contributed by atoms with E-state index in [0.29, 0.717) is 10.8 Å². The van der Waals surface area contributed by atoms with Gasteiger partial charge in [0.15, 0.2) is 0 Å². The van der Waals surface area contributed by atoms with E-state index in [2.05, 4.69) is 39.3 Å². The van der Waals surface area contributed by atoms with Crippen molar-refractivity contribution in [2.75, 3.05) is 20.2 Å². The summed E-state index contributed by atoms with van der Waals surface area (Å²) in [5.41, 5.74) is 7.60. The van der Waals surface area contributed by atoms with E-state index in [1.54, 1.807) is 23.5 Å². The minimum atomic E-state index is -0.494. The Labute approximate surface area is 189 Å². The number of hydrazine groups is 1. The van der Waals surface area contributed by atoms with Gasteiger partial charge in [0.1, 0.15) is 5.75 Å². The first-order valence-electron chi connectivity index (χ1n) is 9.85. The molecule has 0 bridgehead atoms. The summed E-state index contributed by atoms with van der Waals surface area (Å²) < 4.78 is 5.20. The number of rotatable bonds is 5. The van der Waals surface area contributed by atoms with Gasteiger partial charge >= 0.3 is 0 Å². The zero-order valence-electron chi connectivity index (χ0n) is 16.9. The molecule has 2 aromatic carbocycles. The van der Waals surface area contributed by atoms with Crippen LogP contribution < -0.4 is 15.6 Å². The Kier molecular flexibility index (Phi) is 6.56. The third-order valence-electron chi connectivity index (χ3n) is 5.25. The van der Waals surface area contributed by atoms with Crippen molar-refractivity contribution in [1.29, 1.82) is 0 Å². The Morgan fingerprint density at radius 3 is 2.74 bits per heavy atom. The predicted molar refractivity (Wildman–Crippen MR) is 121 cm³/mol. The van der Waals surface area contributed by atoms with Gasteiger partial charge in [-0.1, -0.05) is 41.9 Å². The highest BCUT2D eigenvalue weighted by molar-refractivity contribution is 7.10. The first kappa shape index (κ1) is 21.4. The van der Waals surface area contributed by atoms with Gasteiger partial charge in [0.05, 0.1) is 25.3 Å². The Balaban J connectivity index is 1.44. The van der Waals surface area contributed by atoms with Crippen molar-refractivity contribution >= 4 is 34.8 Å². The molecular formula is C23H22ClN3O3S. The number of thiophene rings is 1. The molecule has 0 saturated heterocycles. The van der Waals surface area contributed by atoms with E-state index in [0.717, 1.165) is 18.5 Å². The molecule has 0 aliphatic carbocycles. The molecular weight excluding hydrogens is 434 g/mol. The Morgan fingerprint density at radius 1 is 1.16 bits per heavy atom. The smallest absolute Gasteiger partial charge is 0.273 e. The van der Waals surface area contributed by atoms with Gasteiger partial charge in [-0.15, -0.1) is 11.3 Å². The Hall–Kier alpha value is -2.87. The maximum atomic E-state index is 12.7. The quantitative estimate of drug-likeness (QED) is 0.574. The largest absolute Gasteiger partial charge is 0.496 e. The normalized spacial score (nSPS) is 15.7. The van der Waals surface area contributed by atoms with Crippen LogP contribution in [0.5, 0.6) is 5.75 Å². The minimum Gasteiger partial charge on any atom is -0.496 e. The number of carbonyl (C=O) groups excluding carboxylic acids is 2. The number of amides is 2. The fourth-order valence-electron chi connectivity index (χ4n) is 3.84. The number of benzene rings is 2. The molecule has 8 heteroatoms. The van der Waals surface area contributed by atoms with Gasteiger partial charge in [0.2, 0.25) is 0 Å². The molecule has 0 saturated carbocycles. The third-order valence-corrected chi connectivity index (χ3v) is 6.48. The molecule has 160 valence electrons. The Bertz CT molecular complexity index is 1090. The second kappa shape index (κ2) is 9.51. The zero-order valence-corrected chi connectivity index (χ0v) is 18.5. The first-order chi connectivity index (χ1) is 15.1. The number of halogens is 1. The van der Waals surface area contributed by atoms with Crippen molar-refractivity contribution < 1.29 is 14.3 Å². The lowest BCUT2D eigenvalue weighted by Crippen LogP contribution is -2.48. The van der Waals surface area contributed by atoms with Gasteiger partial charge in [-0.05, 0) is 47.2 Å². The van der Waals surface area contributed by atoms with Crippen molar-refractivity contribution in [3.63, 3.8) is 0 Å². The molecule has 0 radical (unpaired) electrons. The van der Waals surface area contributed by atoms with E-state index < -0.39 is 5.91 Å². The molecule has 1 atom stereocenters. The highest BCUT2D eigenvalue weighted by atomic mass is 35.5. The Morgan fingerprint density at radius 2 is 1.97 bits per heavy atom. The van der Waals surface area contributed by atoms with Crippen LogP contribution in [0.3, 0.4) is 0 Å². The summed E-state index contributed by atoms with van der Waals surface area (Å²) in [4.78, 5) is 28.7. The number of fused-ring (bicyclic) bond motifs is 1. The highest BCUT2D eigenvalue weighted by Crippen LogP contribution is 2.37. The number of carbonyl (C=O) groups is 2. The predicted octanol–water partition coefficient (Wildman–Crippen LogP) is 3.82. The minimum absolute atomic E-state index is 0.00526. The summed E-state index contributed by atoms with van der Waals surface area (Å²) in [5.74, 6) is -0.415. The molecule has 6 nitrogen and oxygen atoms in total. The number of hydrogen-bond donors (Lipinski definition) is 2. The van der Waals surface area contributed by atoms with Gasteiger partial charge in [0, 0.05) is 16.4 Å². The molecule has 1 aliphatic rings. The number of hydrogen-bond acceptors (Lipinski definition) is 5. The van der Waals surface area contributed by atoms with Gasteiger partial charge in [-0.25, -0.2) is 0 Å². The molecule has 31 heavy (non-hydrogen) atoms. The van der Waals surface area contributed by atoms with E-state index in [-0.39, 0.29) is 24.1 Å². The lowest BCUT2D eigenvalue weighted by atomic mass is 9.93. The second-order valence-corrected chi connectivity index (χ2v) is 8.62. The van der Waals surface area contributed by atoms with Crippen LogP contribution in [0.25, 0.3) is 0 Å². The van der Waals surface area contributed by atoms with Crippen LogP contribution in [0.4, 0.5) is 0 Å². The van der Waals surface area contributed by atoms with Crippen molar-refractivity contribution in [1.82, 2.24) is 15.8 Å². The zero-order chi connectivity index (χ0) is 21.8. The van der Waals surface area contributed by atoms with Crippen molar-refractivity contribution in [3.05, 3.63) is 86.6 Å². The number of methoxy groups -OCH3 is 1. The van der Waals surface area contributed by atoms with Gasteiger partial charge in [-0.3, -0.25) is 25.3 Å². The van der Waals surface area contributed by atoms with Gasteiger partial charge < -0.3 is 4.74 Å². The van der Waals surface area contributed by atoms with Crippen LogP contribution >= 0.6 is 22.9 Å². The van der Waals surface area contributed by atoms with E-state index >= 15 is 0 Å². The van der Waals surface area contributed by atoms with E-state index in [1.165, 1.54) is 23.6 Å². The van der Waals surface area contributed by atoms with Gasteiger partial charge in [0.25, 0.3) is 11.8 Å². The topological polar surface area (TPSA) is 70.7 Å². The fraction of sp³-hybridized carbons (Fsp3) is 0.217. The SMILES string of the molecule is COc1ccc(Cl)cc1C(=O)NNC(=O)CN1CCc2sccc2C1c1ccccc1. The molecule has 0 spiro atoms. The van der Waals surface area contributed by atoms with Crippen LogP contribution in [-0.2, 0) is 11.2 Å². The molecule has 1 aromatic heterocycles. The maximum absolute atomic E-state index is 12.7. The summed E-state index contributed by atoms with van der Waals surface area (Å²) >= 11 is 7.74. The standard InChI is InChI=1S/C23H22ClN3O3S/c1-30-19-8-7-16(24)13-18(19)23(29)26-25-21(28)14-27-11-9-20-17(10-12-31-20)22(27)15-5-3-2-4-6-15/h2-8,10,12-13,22H,9,11,14H2,1H3,(H,25,28)(H,26,29). The molecule has 1 unspecified atom stereocenters. The molecule has 3 aromatic rings. The number of nitrogens with zero attached hydrogens (tertiary/aromatic N) is 1. The second-order valence-electron chi connectivity index (χ2n) is 7.18. The average Bonchev–Trinajstić information content (AvgIpc) is 3.26. The lowest BCUT2D eigenvalue weighted by Gasteiger charge is -2.35. The summed E-state index contributed by atoms with van der Waals surface area (Å²) in [6.45, 7) is 0.915. The van der Waals surface area contributed by atoms with Gasteiger partial charge in [-0.2, -0.15) is 0 Å². The average molecular weight is 456 g/mol. The molecule has 2 heterocycles. The molecule has 1 aliphatic heterocycles. The highest BCUT2D eigenvalue weighted by Gasteiger charge is 2.30. The van der Waals surface area contributed by atoms with Crippen LogP contribution in [0.15, 0.2) is 60.0 Å². The molecule has 4 rings (SSSR count). The van der Waals surface area contributed by atoms with Crippen LogP contribution in [-0.4, -0.2) is 36.9 Å². The van der Waals surface area contributed by atoms with Crippen LogP contribution in [0.1, 0.15) is 32.4 Å². The summed E-state index contributed by atoms with van der Waals surface area (Å²) in [6.07, 6.45) is 0.898. The fourth-order valence-corrected chi connectivity index (χ4v) is 4.92. The molecule has 2 N–H and O–H groups in total. The van der Waals surface area contributed by atoms with Crippen molar-refractivity contribution in [2.45, 2.75) is 12.5 Å². The summed E-state index contributed by atoms with van der Waals surface area (Å²) in [6, 6.07) is 17.0. The van der Waals surface area contributed by atoms with Crippen LogP contribution in [0.2, 0.25) is 5.02 Å². The first-order valence-corrected chi connectivity index (χ1v) is 11.1. The van der Waals surface area contributed by atoms with E-state index in [9.17, 15) is 9.59 Å². The third kappa shape index (κ3) is 4.74. The lowest BCUT2D eigenvalue weighted by molar-refractivity contribution is -0.123. The van der Waals surface area contributed by atoms with Crippen LogP contribution in [0, 0.1) is 0 Å². The number of nitrogens with one attached hydrogen (secondary N) is 2. The van der Waals surface area contributed by atoms with E-state index in [4.69, 9.17) is 16.3 Å². The molecule has 2 amide bonds. The molecule has 0 fully saturated rings. The van der Waals surface area contributed by atoms with Crippen molar-refractivity contribution in [3.8, 4) is 5.75 Å². The van der Waals surface area contributed by atoms with E-state index in [1.807, 2.05) is 18.2 Å². The summed E-state index contributed by atoms with van der Waals surface area (Å²) in [5, 5.41) is 2.51. The van der Waals surface area contributed by atoms with Crippen molar-refractivity contribution in [2.24, 2.45) is 0 Å². The maximum Gasteiger partial charge on any atom is 0.273 e. The summed E-state index contributed by atoms with van der Waals surface area (Å²) in [7, 11) is 1.47. The monoisotopic (exact) mass is 455 g/mol. The number of ether oxygens (including phenoxy) is 1.